The van der Waals surface area contributed by atoms with E-state index in [2.05, 4.69) is 11.2 Å². The van der Waals surface area contributed by atoms with Gasteiger partial charge >= 0.3 is 0 Å². The molecule has 0 fully saturated rings. The first-order valence-corrected chi connectivity index (χ1v) is 4.19. The number of rotatable bonds is 2. The van der Waals surface area contributed by atoms with E-state index in [0.29, 0.717) is 13.0 Å². The topological polar surface area (TPSA) is 41.6 Å². The first kappa shape index (κ1) is 7.81. The van der Waals surface area contributed by atoms with E-state index in [1.807, 2.05) is 35.1 Å². The van der Waals surface area contributed by atoms with Crippen molar-refractivity contribution < 1.29 is 0 Å². The van der Waals surface area contributed by atoms with Crippen molar-refractivity contribution in [1.29, 1.82) is 5.26 Å². The number of fused-ring (bicyclic) bond motifs is 1. The van der Waals surface area contributed by atoms with Crippen LogP contribution < -0.4 is 0 Å². The zero-order chi connectivity index (χ0) is 9.10. The fourth-order valence-electron chi connectivity index (χ4n) is 1.29. The third-order valence-corrected chi connectivity index (χ3v) is 1.91. The summed E-state index contributed by atoms with van der Waals surface area (Å²) in [7, 11) is 0. The molecule has 0 atom stereocenters. The Balaban J connectivity index is 2.34. The van der Waals surface area contributed by atoms with Crippen LogP contribution in [0.5, 0.6) is 0 Å². The summed E-state index contributed by atoms with van der Waals surface area (Å²) >= 11 is 0. The molecule has 2 aromatic rings. The molecule has 3 nitrogen and oxygen atoms in total. The Hall–Kier alpha value is -1.82. The Kier molecular flexibility index (Phi) is 1.97. The summed E-state index contributed by atoms with van der Waals surface area (Å²) in [6.07, 6.45) is 2.47. The van der Waals surface area contributed by atoms with Gasteiger partial charge in [-0.1, -0.05) is 18.2 Å². The Morgan fingerprint density at radius 2 is 2.23 bits per heavy atom. The SMILES string of the molecule is N#CCCn1cc2ccccc2n1. The molecule has 1 aromatic heterocycles. The van der Waals surface area contributed by atoms with Crippen molar-refractivity contribution in [3.8, 4) is 6.07 Å². The Morgan fingerprint density at radius 1 is 1.38 bits per heavy atom. The van der Waals surface area contributed by atoms with Crippen molar-refractivity contribution in [2.45, 2.75) is 13.0 Å². The lowest BCUT2D eigenvalue weighted by molar-refractivity contribution is 0.634. The van der Waals surface area contributed by atoms with Gasteiger partial charge in [0.1, 0.15) is 0 Å². The van der Waals surface area contributed by atoms with Crippen LogP contribution in [-0.4, -0.2) is 9.78 Å². The van der Waals surface area contributed by atoms with E-state index in [9.17, 15) is 0 Å². The van der Waals surface area contributed by atoms with Crippen molar-refractivity contribution in [3.05, 3.63) is 30.5 Å². The predicted molar refractivity (Wildman–Crippen MR) is 50.0 cm³/mol. The van der Waals surface area contributed by atoms with Crippen molar-refractivity contribution in [1.82, 2.24) is 9.78 Å². The summed E-state index contributed by atoms with van der Waals surface area (Å²) in [5.74, 6) is 0. The van der Waals surface area contributed by atoms with Crippen molar-refractivity contribution in [2.24, 2.45) is 0 Å². The van der Waals surface area contributed by atoms with Crippen LogP contribution in [0.25, 0.3) is 10.9 Å². The molecule has 0 saturated carbocycles. The second-order valence-corrected chi connectivity index (χ2v) is 2.86. The Labute approximate surface area is 76.2 Å². The van der Waals surface area contributed by atoms with Gasteiger partial charge in [0.25, 0.3) is 0 Å². The second-order valence-electron chi connectivity index (χ2n) is 2.86. The van der Waals surface area contributed by atoms with Crippen molar-refractivity contribution in [2.75, 3.05) is 0 Å². The van der Waals surface area contributed by atoms with Gasteiger partial charge in [0.15, 0.2) is 0 Å². The number of aryl methyl sites for hydroxylation is 1. The molecule has 0 unspecified atom stereocenters. The minimum atomic E-state index is 0.508. The fourth-order valence-corrected chi connectivity index (χ4v) is 1.29. The fraction of sp³-hybridized carbons (Fsp3) is 0.200. The largest absolute Gasteiger partial charge is 0.270 e. The molecule has 0 bridgehead atoms. The second kappa shape index (κ2) is 3.28. The molecule has 0 radical (unpaired) electrons. The summed E-state index contributed by atoms with van der Waals surface area (Å²) in [5, 5.41) is 13.9. The summed E-state index contributed by atoms with van der Waals surface area (Å²) in [5.41, 5.74) is 0.987. The van der Waals surface area contributed by atoms with Crippen LogP contribution >= 0.6 is 0 Å². The number of nitriles is 1. The standard InChI is InChI=1S/C10H9N3/c11-6-3-7-13-8-9-4-1-2-5-10(9)12-13/h1-2,4-5,8H,3,7H2. The van der Waals surface area contributed by atoms with E-state index in [-0.39, 0.29) is 0 Å². The maximum atomic E-state index is 8.41. The number of hydrogen-bond acceptors (Lipinski definition) is 2. The van der Waals surface area contributed by atoms with Crippen LogP contribution in [0, 0.1) is 11.3 Å². The molecule has 0 amide bonds. The molecule has 3 heteroatoms. The van der Waals surface area contributed by atoms with Gasteiger partial charge in [0.2, 0.25) is 0 Å². The Bertz CT molecular complexity index is 417. The van der Waals surface area contributed by atoms with Gasteiger partial charge in [0, 0.05) is 11.6 Å². The van der Waals surface area contributed by atoms with E-state index in [1.165, 1.54) is 0 Å². The number of benzene rings is 1. The molecule has 0 spiro atoms. The van der Waals surface area contributed by atoms with Crippen LogP contribution in [0.4, 0.5) is 0 Å². The van der Waals surface area contributed by atoms with Crippen LogP contribution in [-0.2, 0) is 6.54 Å². The van der Waals surface area contributed by atoms with E-state index >= 15 is 0 Å². The van der Waals surface area contributed by atoms with Crippen LogP contribution in [0.2, 0.25) is 0 Å². The minimum Gasteiger partial charge on any atom is -0.270 e. The molecule has 13 heavy (non-hydrogen) atoms. The normalized spacial score (nSPS) is 10.1. The molecule has 2 rings (SSSR count). The van der Waals surface area contributed by atoms with Gasteiger partial charge in [-0.2, -0.15) is 10.4 Å². The zero-order valence-corrected chi connectivity index (χ0v) is 7.14. The average molecular weight is 171 g/mol. The van der Waals surface area contributed by atoms with E-state index in [0.717, 1.165) is 10.9 Å². The van der Waals surface area contributed by atoms with Crippen LogP contribution in [0.3, 0.4) is 0 Å². The molecular weight excluding hydrogens is 162 g/mol. The van der Waals surface area contributed by atoms with E-state index < -0.39 is 0 Å². The molecule has 64 valence electrons. The maximum absolute atomic E-state index is 8.41. The molecular formula is C10H9N3. The molecule has 0 aliphatic rings. The molecule has 1 heterocycles. The highest BCUT2D eigenvalue weighted by Gasteiger charge is 1.97. The third kappa shape index (κ3) is 1.52. The lowest BCUT2D eigenvalue weighted by atomic mass is 10.3. The number of aromatic nitrogens is 2. The molecule has 0 aliphatic heterocycles. The van der Waals surface area contributed by atoms with Gasteiger partial charge in [0.05, 0.1) is 24.6 Å². The third-order valence-electron chi connectivity index (χ3n) is 1.91. The maximum Gasteiger partial charge on any atom is 0.0923 e. The predicted octanol–water partition coefficient (Wildman–Crippen LogP) is 1.95. The van der Waals surface area contributed by atoms with Crippen LogP contribution in [0.15, 0.2) is 30.5 Å². The summed E-state index contributed by atoms with van der Waals surface area (Å²) in [4.78, 5) is 0. The first-order valence-electron chi connectivity index (χ1n) is 4.19. The first-order chi connectivity index (χ1) is 6.40. The van der Waals surface area contributed by atoms with Gasteiger partial charge < -0.3 is 0 Å². The van der Waals surface area contributed by atoms with Crippen molar-refractivity contribution >= 4 is 10.9 Å². The highest BCUT2D eigenvalue weighted by atomic mass is 15.3. The van der Waals surface area contributed by atoms with Crippen molar-refractivity contribution in [3.63, 3.8) is 0 Å². The summed E-state index contributed by atoms with van der Waals surface area (Å²) in [6.45, 7) is 0.672. The highest BCUT2D eigenvalue weighted by molar-refractivity contribution is 5.77. The lowest BCUT2D eigenvalue weighted by Crippen LogP contribution is -1.96. The highest BCUT2D eigenvalue weighted by Crippen LogP contribution is 2.10. The molecule has 0 saturated heterocycles. The molecule has 0 N–H and O–H groups in total. The average Bonchev–Trinajstić information content (AvgIpc) is 2.57. The summed E-state index contributed by atoms with van der Waals surface area (Å²) < 4.78 is 1.81. The minimum absolute atomic E-state index is 0.508. The van der Waals surface area contributed by atoms with Gasteiger partial charge in [-0.05, 0) is 6.07 Å². The van der Waals surface area contributed by atoms with E-state index in [1.54, 1.807) is 0 Å². The quantitative estimate of drug-likeness (QED) is 0.693. The number of hydrogen-bond donors (Lipinski definition) is 0. The number of nitrogens with zero attached hydrogens (tertiary/aromatic N) is 3. The lowest BCUT2D eigenvalue weighted by Gasteiger charge is -1.92. The smallest absolute Gasteiger partial charge is 0.0923 e. The van der Waals surface area contributed by atoms with Crippen LogP contribution in [0.1, 0.15) is 6.42 Å². The molecule has 1 aromatic carbocycles. The monoisotopic (exact) mass is 171 g/mol. The van der Waals surface area contributed by atoms with Gasteiger partial charge in [-0.25, -0.2) is 0 Å². The van der Waals surface area contributed by atoms with Gasteiger partial charge in [-0.3, -0.25) is 4.68 Å². The zero-order valence-electron chi connectivity index (χ0n) is 7.14. The van der Waals surface area contributed by atoms with Gasteiger partial charge in [-0.15, -0.1) is 0 Å². The summed E-state index contributed by atoms with van der Waals surface area (Å²) in [6, 6.07) is 10.0. The van der Waals surface area contributed by atoms with E-state index in [4.69, 9.17) is 5.26 Å². The Morgan fingerprint density at radius 3 is 3.00 bits per heavy atom. The molecule has 0 aliphatic carbocycles.